The Morgan fingerprint density at radius 1 is 0.958 bits per heavy atom. The van der Waals surface area contributed by atoms with E-state index in [4.69, 9.17) is 4.74 Å². The lowest BCUT2D eigenvalue weighted by Crippen LogP contribution is -2.45. The summed E-state index contributed by atoms with van der Waals surface area (Å²) in [4.78, 5) is 60.5. The van der Waals surface area contributed by atoms with Crippen molar-refractivity contribution in [3.63, 3.8) is 0 Å². The van der Waals surface area contributed by atoms with Crippen molar-refractivity contribution >= 4 is 49.1 Å². The van der Waals surface area contributed by atoms with Crippen LogP contribution in [0.1, 0.15) is 63.0 Å². The van der Waals surface area contributed by atoms with E-state index in [1.54, 1.807) is 32.7 Å². The largest absolute Gasteiger partial charge is 0.394 e. The van der Waals surface area contributed by atoms with E-state index in [-0.39, 0.29) is 49.2 Å². The lowest BCUT2D eigenvalue weighted by molar-refractivity contribution is -0.150. The second-order valence-electron chi connectivity index (χ2n) is 14.6. The van der Waals surface area contributed by atoms with Crippen LogP contribution in [-0.2, 0) is 36.1 Å². The highest BCUT2D eigenvalue weighted by Crippen LogP contribution is 2.61. The normalized spacial score (nSPS) is 28.9. The molecule has 5 heterocycles. The lowest BCUT2D eigenvalue weighted by atomic mass is 9.82. The van der Waals surface area contributed by atoms with Crippen molar-refractivity contribution in [1.82, 2.24) is 4.90 Å². The van der Waals surface area contributed by atoms with Crippen LogP contribution in [0.5, 0.6) is 0 Å². The molecule has 5 aliphatic rings. The molecule has 12 heteroatoms. The second kappa shape index (κ2) is 12.4. The third-order valence-corrected chi connectivity index (χ3v) is 13.7. The first-order valence-electron chi connectivity index (χ1n) is 17.4. The molecule has 0 radical (unpaired) electrons. The summed E-state index contributed by atoms with van der Waals surface area (Å²) >= 11 is 0. The van der Waals surface area contributed by atoms with E-state index in [2.05, 4.69) is 0 Å². The number of likely N-dealkylation sites (tertiary alicyclic amines) is 1. The fourth-order valence-corrected chi connectivity index (χ4v) is 11.5. The Morgan fingerprint density at radius 3 is 2.21 bits per heavy atom. The van der Waals surface area contributed by atoms with Crippen molar-refractivity contribution in [2.45, 2.75) is 94.8 Å². The van der Waals surface area contributed by atoms with E-state index in [0.717, 1.165) is 36.9 Å². The highest BCUT2D eigenvalue weighted by Gasteiger charge is 2.67. The van der Waals surface area contributed by atoms with Gasteiger partial charge in [0, 0.05) is 60.9 Å². The van der Waals surface area contributed by atoms with Crippen LogP contribution in [0.2, 0.25) is 18.6 Å². The highest BCUT2D eigenvalue weighted by molar-refractivity contribution is 6.72. The zero-order chi connectivity index (χ0) is 34.0. The van der Waals surface area contributed by atoms with Gasteiger partial charge in [-0.05, 0) is 74.7 Å². The average molecular weight is 677 g/mol. The summed E-state index contributed by atoms with van der Waals surface area (Å²) in [6.07, 6.45) is 3.19. The number of ether oxygens (including phenoxy) is 1. The average Bonchev–Trinajstić information content (AvgIpc) is 3.88. The summed E-state index contributed by atoms with van der Waals surface area (Å²) in [5.41, 5.74) is 1.42. The van der Waals surface area contributed by atoms with Crippen LogP contribution in [-0.4, -0.2) is 80.4 Å². The fourth-order valence-electron chi connectivity index (χ4n) is 9.01. The number of carbonyl (C=O) groups is 4. The third-order valence-electron chi connectivity index (χ3n) is 11.3. The SMILES string of the molecule is C[C@H]1[C@H]([Si](C)(C)F)[C@@H](CC(=O)N2CCC[C@H]2CO)O[C@]12C(=O)N(Cc1ccc(N3CCCC3=O)cc1)c1ccc(N3CCCC3=O)cc12. The minimum Gasteiger partial charge on any atom is -0.394 e. The minimum absolute atomic E-state index is 0.0184. The van der Waals surface area contributed by atoms with Gasteiger partial charge in [0.15, 0.2) is 5.60 Å². The topological polar surface area (TPSA) is 111 Å². The molecule has 0 unspecified atom stereocenters. The number of nitrogens with zero attached hydrogens (tertiary/aromatic N) is 4. The fraction of sp³-hybridized carbons (Fsp3) is 0.556. The lowest BCUT2D eigenvalue weighted by Gasteiger charge is -2.31. The molecule has 7 rings (SSSR count). The molecule has 0 aromatic heterocycles. The van der Waals surface area contributed by atoms with Gasteiger partial charge in [-0.1, -0.05) is 19.1 Å². The zero-order valence-electron chi connectivity index (χ0n) is 28.0. The van der Waals surface area contributed by atoms with Crippen molar-refractivity contribution in [2.24, 2.45) is 5.92 Å². The number of anilines is 3. The van der Waals surface area contributed by atoms with Crippen molar-refractivity contribution in [3.8, 4) is 0 Å². The molecule has 5 atom stereocenters. The predicted octanol–water partition coefficient (Wildman–Crippen LogP) is 4.64. The van der Waals surface area contributed by atoms with E-state index in [1.807, 2.05) is 49.4 Å². The number of hydrogen-bond donors (Lipinski definition) is 1. The first-order chi connectivity index (χ1) is 22.9. The van der Waals surface area contributed by atoms with Crippen LogP contribution in [0.3, 0.4) is 0 Å². The van der Waals surface area contributed by atoms with Crippen molar-refractivity contribution in [3.05, 3.63) is 53.6 Å². The maximum Gasteiger partial charge on any atom is 0.264 e. The molecule has 2 aromatic carbocycles. The monoisotopic (exact) mass is 676 g/mol. The number of halogens is 1. The van der Waals surface area contributed by atoms with Gasteiger partial charge in [-0.15, -0.1) is 0 Å². The molecule has 1 spiro atoms. The van der Waals surface area contributed by atoms with Gasteiger partial charge in [0.1, 0.15) is 0 Å². The molecule has 4 saturated heterocycles. The molecule has 1 N–H and O–H groups in total. The zero-order valence-corrected chi connectivity index (χ0v) is 29.0. The maximum absolute atomic E-state index is 16.4. The Hall–Kier alpha value is -3.61. The summed E-state index contributed by atoms with van der Waals surface area (Å²) in [5.74, 6) is -0.962. The van der Waals surface area contributed by atoms with Gasteiger partial charge in [-0.3, -0.25) is 19.2 Å². The Bertz CT molecular complexity index is 1630. The number of hydrogen-bond acceptors (Lipinski definition) is 6. The van der Waals surface area contributed by atoms with E-state index >= 15 is 4.11 Å². The summed E-state index contributed by atoms with van der Waals surface area (Å²) < 4.78 is 23.3. The first-order valence-corrected chi connectivity index (χ1v) is 20.3. The summed E-state index contributed by atoms with van der Waals surface area (Å²) in [7, 11) is -3.51. The number of benzene rings is 2. The Morgan fingerprint density at radius 2 is 1.60 bits per heavy atom. The molecular weight excluding hydrogens is 632 g/mol. The quantitative estimate of drug-likeness (QED) is 0.323. The van der Waals surface area contributed by atoms with Crippen LogP contribution >= 0.6 is 0 Å². The summed E-state index contributed by atoms with van der Waals surface area (Å²) in [6, 6.07) is 13.0. The molecule has 256 valence electrons. The van der Waals surface area contributed by atoms with Crippen molar-refractivity contribution in [2.75, 3.05) is 40.9 Å². The van der Waals surface area contributed by atoms with E-state index < -0.39 is 31.6 Å². The van der Waals surface area contributed by atoms with Crippen molar-refractivity contribution < 1.29 is 33.1 Å². The van der Waals surface area contributed by atoms with Gasteiger partial charge in [-0.25, -0.2) is 0 Å². The van der Waals surface area contributed by atoms with Gasteiger partial charge in [0.05, 0.1) is 37.4 Å². The molecule has 2 aromatic rings. The van der Waals surface area contributed by atoms with Crippen molar-refractivity contribution in [1.29, 1.82) is 0 Å². The first kappa shape index (κ1) is 32.9. The molecule has 0 saturated carbocycles. The van der Waals surface area contributed by atoms with Gasteiger partial charge in [-0.2, -0.15) is 0 Å². The van der Waals surface area contributed by atoms with Crippen LogP contribution < -0.4 is 14.7 Å². The van der Waals surface area contributed by atoms with E-state index in [9.17, 15) is 24.3 Å². The number of aliphatic hydroxyl groups excluding tert-OH is 1. The number of rotatable bonds is 8. The molecule has 4 amide bonds. The van der Waals surface area contributed by atoms with Crippen LogP contribution in [0.25, 0.3) is 0 Å². The maximum atomic E-state index is 16.4. The third kappa shape index (κ3) is 5.36. The van der Waals surface area contributed by atoms with Gasteiger partial charge in [0.25, 0.3) is 5.91 Å². The molecule has 4 fully saturated rings. The highest BCUT2D eigenvalue weighted by atomic mass is 28.4. The van der Waals surface area contributed by atoms with E-state index in [0.29, 0.717) is 49.4 Å². The number of carbonyl (C=O) groups excluding carboxylic acids is 4. The standard InChI is InChI=1S/C36H45FN4O6Si/c1-23-34(48(2,3)37)30(20-33(45)40-16-4-7-27(40)22-42)47-36(23)28-19-26(39-18-6-9-32(39)44)14-15-29(28)41(35(36)46)21-24-10-12-25(13-11-24)38-17-5-8-31(38)43/h10-15,19,23,27,30,34,42H,4-9,16-18,20-22H2,1-3H3/t23-,27-,30+,34-,36+/m0/s1. The Balaban J connectivity index is 1.26. The minimum atomic E-state index is -3.51. The Kier molecular flexibility index (Phi) is 8.48. The molecule has 10 nitrogen and oxygen atoms in total. The second-order valence-corrected chi connectivity index (χ2v) is 18.4. The summed E-state index contributed by atoms with van der Waals surface area (Å²) in [6.45, 7) is 7.01. The molecule has 5 aliphatic heterocycles. The predicted molar refractivity (Wildman–Crippen MR) is 182 cm³/mol. The van der Waals surface area contributed by atoms with Gasteiger partial charge in [0.2, 0.25) is 26.1 Å². The van der Waals surface area contributed by atoms with E-state index in [1.165, 1.54) is 0 Å². The molecular formula is C36H45FN4O6Si. The molecule has 48 heavy (non-hydrogen) atoms. The van der Waals surface area contributed by atoms with Gasteiger partial charge >= 0.3 is 0 Å². The van der Waals surface area contributed by atoms with Crippen LogP contribution in [0.15, 0.2) is 42.5 Å². The smallest absolute Gasteiger partial charge is 0.264 e. The molecule has 0 bridgehead atoms. The number of amides is 4. The number of fused-ring (bicyclic) bond motifs is 2. The number of aliphatic hydroxyl groups is 1. The Labute approximate surface area is 282 Å². The van der Waals surface area contributed by atoms with Crippen LogP contribution in [0, 0.1) is 5.92 Å². The van der Waals surface area contributed by atoms with Gasteiger partial charge < -0.3 is 33.6 Å². The van der Waals surface area contributed by atoms with Crippen LogP contribution in [0.4, 0.5) is 21.2 Å². The molecule has 0 aliphatic carbocycles. The summed E-state index contributed by atoms with van der Waals surface area (Å²) in [5, 5.41) is 9.87.